The number of nitrogens with zero attached hydrogens (tertiary/aromatic N) is 1. The summed E-state index contributed by atoms with van der Waals surface area (Å²) in [5.41, 5.74) is 7.63. The number of benzene rings is 1. The second kappa shape index (κ2) is 2.61. The van der Waals surface area contributed by atoms with Gasteiger partial charge in [0.15, 0.2) is 0 Å². The second-order valence-corrected chi connectivity index (χ2v) is 6.77. The van der Waals surface area contributed by atoms with Gasteiger partial charge in [0.05, 0.1) is 10.2 Å². The van der Waals surface area contributed by atoms with Crippen LogP contribution in [0.1, 0.15) is 24.3 Å². The molecule has 0 unspecified atom stereocenters. The average Bonchev–Trinajstić information content (AvgIpc) is 2.53. The van der Waals surface area contributed by atoms with E-state index in [0.29, 0.717) is 5.41 Å². The maximum absolute atomic E-state index is 6.08. The van der Waals surface area contributed by atoms with Crippen LogP contribution in [0.3, 0.4) is 0 Å². The van der Waals surface area contributed by atoms with E-state index in [2.05, 4.69) is 0 Å². The third kappa shape index (κ3) is 1.04. The van der Waals surface area contributed by atoms with Crippen LogP contribution in [0.25, 0.3) is 10.2 Å². The minimum atomic E-state index is 0.148. The maximum Gasteiger partial charge on any atom is 0.100 e. The van der Waals surface area contributed by atoms with Crippen molar-refractivity contribution in [3.63, 3.8) is 0 Å². The number of hydrogen-bond donors (Lipinski definition) is 1. The molecule has 0 amide bonds. The van der Waals surface area contributed by atoms with E-state index in [1.54, 1.807) is 11.3 Å². The monoisotopic (exact) mass is 250 g/mol. The second-order valence-electron chi connectivity index (χ2n) is 5.30. The van der Waals surface area contributed by atoms with Crippen LogP contribution in [-0.2, 0) is 5.41 Å². The third-order valence-electron chi connectivity index (χ3n) is 3.88. The van der Waals surface area contributed by atoms with Crippen molar-refractivity contribution in [1.82, 2.24) is 4.98 Å². The van der Waals surface area contributed by atoms with Crippen LogP contribution in [0, 0.1) is 0 Å². The van der Waals surface area contributed by atoms with E-state index in [1.807, 2.05) is 18.2 Å². The fourth-order valence-electron chi connectivity index (χ4n) is 3.22. The lowest BCUT2D eigenvalue weighted by Gasteiger charge is -2.68. The number of halogens is 1. The van der Waals surface area contributed by atoms with Crippen molar-refractivity contribution in [2.75, 3.05) is 0 Å². The molecular formula is C12H11ClN2S. The van der Waals surface area contributed by atoms with E-state index >= 15 is 0 Å². The molecule has 82 valence electrons. The summed E-state index contributed by atoms with van der Waals surface area (Å²) in [6.45, 7) is 0. The molecular weight excluding hydrogens is 240 g/mol. The summed E-state index contributed by atoms with van der Waals surface area (Å²) in [6, 6.07) is 5.91. The highest BCUT2D eigenvalue weighted by Crippen LogP contribution is 2.67. The standard InChI is InChI=1S/C12H11ClN2S/c13-7-1-2-8-9(3-7)16-10(15-8)11-4-12(14,5-11)6-11/h1-3H,4-6,14H2. The van der Waals surface area contributed by atoms with Crippen LogP contribution in [0.2, 0.25) is 5.02 Å². The lowest BCUT2D eigenvalue weighted by Crippen LogP contribution is -2.74. The van der Waals surface area contributed by atoms with Gasteiger partial charge in [-0.25, -0.2) is 4.98 Å². The Balaban J connectivity index is 1.82. The molecule has 2 nitrogen and oxygen atoms in total. The Morgan fingerprint density at radius 3 is 2.75 bits per heavy atom. The van der Waals surface area contributed by atoms with Gasteiger partial charge in [-0.3, -0.25) is 0 Å². The van der Waals surface area contributed by atoms with Gasteiger partial charge in [-0.15, -0.1) is 11.3 Å². The smallest absolute Gasteiger partial charge is 0.100 e. The van der Waals surface area contributed by atoms with Gasteiger partial charge in [0.25, 0.3) is 0 Å². The summed E-state index contributed by atoms with van der Waals surface area (Å²) in [5, 5.41) is 2.05. The molecule has 2 aromatic rings. The minimum Gasteiger partial charge on any atom is -0.325 e. The Morgan fingerprint density at radius 1 is 1.31 bits per heavy atom. The SMILES string of the molecule is NC12CC(c3nc4ccc(Cl)cc4s3)(C1)C2. The summed E-state index contributed by atoms with van der Waals surface area (Å²) in [7, 11) is 0. The van der Waals surface area contributed by atoms with E-state index in [4.69, 9.17) is 22.3 Å². The Bertz CT molecular complexity index is 584. The highest BCUT2D eigenvalue weighted by molar-refractivity contribution is 7.18. The molecule has 0 radical (unpaired) electrons. The molecule has 1 heterocycles. The van der Waals surface area contributed by atoms with E-state index in [0.717, 1.165) is 29.8 Å². The number of aromatic nitrogens is 1. The molecule has 1 aromatic heterocycles. The highest BCUT2D eigenvalue weighted by Gasteiger charge is 2.67. The molecule has 3 saturated carbocycles. The van der Waals surface area contributed by atoms with Gasteiger partial charge in [-0.2, -0.15) is 0 Å². The van der Waals surface area contributed by atoms with E-state index < -0.39 is 0 Å². The maximum atomic E-state index is 6.08. The number of fused-ring (bicyclic) bond motifs is 1. The summed E-state index contributed by atoms with van der Waals surface area (Å²) in [5.74, 6) is 0. The molecule has 0 spiro atoms. The molecule has 0 saturated heterocycles. The summed E-state index contributed by atoms with van der Waals surface area (Å²) in [4.78, 5) is 4.72. The van der Waals surface area contributed by atoms with Crippen LogP contribution < -0.4 is 5.73 Å². The van der Waals surface area contributed by atoms with Crippen LogP contribution in [0.5, 0.6) is 0 Å². The lowest BCUT2D eigenvalue weighted by atomic mass is 9.40. The molecule has 2 bridgehead atoms. The van der Waals surface area contributed by atoms with E-state index in [9.17, 15) is 0 Å². The van der Waals surface area contributed by atoms with Gasteiger partial charge >= 0.3 is 0 Å². The first kappa shape index (κ1) is 9.40. The van der Waals surface area contributed by atoms with Crippen molar-refractivity contribution in [3.8, 4) is 0 Å². The minimum absolute atomic E-state index is 0.148. The molecule has 0 atom stereocenters. The Kier molecular flexibility index (Phi) is 1.53. The molecule has 2 N–H and O–H groups in total. The zero-order valence-corrected chi connectivity index (χ0v) is 10.2. The molecule has 3 aliphatic rings. The van der Waals surface area contributed by atoms with Crippen LogP contribution >= 0.6 is 22.9 Å². The lowest BCUT2D eigenvalue weighted by molar-refractivity contribution is -0.0589. The fourth-order valence-corrected chi connectivity index (χ4v) is 4.64. The van der Waals surface area contributed by atoms with E-state index in [-0.39, 0.29) is 5.54 Å². The summed E-state index contributed by atoms with van der Waals surface area (Å²) in [6.07, 6.45) is 3.36. The Labute approximate surface area is 102 Å². The van der Waals surface area contributed by atoms with E-state index in [1.165, 1.54) is 9.71 Å². The first-order chi connectivity index (χ1) is 7.59. The van der Waals surface area contributed by atoms with Crippen LogP contribution in [0.4, 0.5) is 0 Å². The number of thiazole rings is 1. The topological polar surface area (TPSA) is 38.9 Å². The zero-order chi connectivity index (χ0) is 11.0. The van der Waals surface area contributed by atoms with Crippen molar-refractivity contribution >= 4 is 33.2 Å². The predicted octanol–water partition coefficient (Wildman–Crippen LogP) is 3.08. The number of nitrogens with two attached hydrogens (primary N) is 1. The normalized spacial score (nSPS) is 35.9. The molecule has 16 heavy (non-hydrogen) atoms. The van der Waals surface area contributed by atoms with Gasteiger partial charge in [0.1, 0.15) is 5.01 Å². The quantitative estimate of drug-likeness (QED) is 0.845. The van der Waals surface area contributed by atoms with Gasteiger partial charge in [-0.1, -0.05) is 11.6 Å². The van der Waals surface area contributed by atoms with Gasteiger partial charge in [-0.05, 0) is 37.5 Å². The van der Waals surface area contributed by atoms with Gasteiger partial charge in [0.2, 0.25) is 0 Å². The predicted molar refractivity (Wildman–Crippen MR) is 67.1 cm³/mol. The van der Waals surface area contributed by atoms with Gasteiger partial charge in [0, 0.05) is 16.0 Å². The highest BCUT2D eigenvalue weighted by atomic mass is 35.5. The fraction of sp³-hybridized carbons (Fsp3) is 0.417. The van der Waals surface area contributed by atoms with Crippen molar-refractivity contribution in [1.29, 1.82) is 0 Å². The van der Waals surface area contributed by atoms with Crippen LogP contribution in [0.15, 0.2) is 18.2 Å². The van der Waals surface area contributed by atoms with Crippen LogP contribution in [-0.4, -0.2) is 10.5 Å². The third-order valence-corrected chi connectivity index (χ3v) is 5.38. The first-order valence-electron chi connectivity index (χ1n) is 5.44. The van der Waals surface area contributed by atoms with Crippen molar-refractivity contribution in [3.05, 3.63) is 28.2 Å². The number of rotatable bonds is 1. The van der Waals surface area contributed by atoms with Crippen molar-refractivity contribution in [2.24, 2.45) is 5.73 Å². The average molecular weight is 251 g/mol. The van der Waals surface area contributed by atoms with Crippen molar-refractivity contribution in [2.45, 2.75) is 30.2 Å². The largest absolute Gasteiger partial charge is 0.325 e. The first-order valence-corrected chi connectivity index (χ1v) is 6.64. The zero-order valence-electron chi connectivity index (χ0n) is 8.66. The molecule has 5 rings (SSSR count). The molecule has 1 aromatic carbocycles. The molecule has 0 aliphatic heterocycles. The Hall–Kier alpha value is -0.640. The molecule has 3 fully saturated rings. The van der Waals surface area contributed by atoms with Crippen molar-refractivity contribution < 1.29 is 0 Å². The number of hydrogen-bond acceptors (Lipinski definition) is 3. The molecule has 3 aliphatic carbocycles. The Morgan fingerprint density at radius 2 is 2.06 bits per heavy atom. The summed E-state index contributed by atoms with van der Waals surface area (Å²) < 4.78 is 1.19. The molecule has 4 heteroatoms. The van der Waals surface area contributed by atoms with Gasteiger partial charge < -0.3 is 5.73 Å². The summed E-state index contributed by atoms with van der Waals surface area (Å²) >= 11 is 7.76.